The van der Waals surface area contributed by atoms with Gasteiger partial charge in [0.25, 0.3) is 5.69 Å². The monoisotopic (exact) mass is 627 g/mol. The molecule has 0 bridgehead atoms. The minimum atomic E-state index is -3.76. The van der Waals surface area contributed by atoms with Crippen molar-refractivity contribution in [3.63, 3.8) is 0 Å². The second kappa shape index (κ2) is 13.6. The zero-order valence-corrected chi connectivity index (χ0v) is 23.3. The highest BCUT2D eigenvalue weighted by molar-refractivity contribution is 9.09. The largest absolute Gasteiger partial charge is 0.596 e. The quantitative estimate of drug-likeness (QED) is 0.0807. The SMILES string of the molecule is CN(CCCN1CCOCC1)/[N+]([O-])=C\c1cc(N(CCBr)CCBr)c(S(C)(=O)=O)cc1[N+](=O)[O-]. The lowest BCUT2D eigenvalue weighted by atomic mass is 10.1. The summed E-state index contributed by atoms with van der Waals surface area (Å²) in [5.74, 6) is 0. The van der Waals surface area contributed by atoms with Gasteiger partial charge in [-0.3, -0.25) is 15.0 Å². The van der Waals surface area contributed by atoms with Crippen LogP contribution in [0.5, 0.6) is 0 Å². The van der Waals surface area contributed by atoms with Gasteiger partial charge in [-0.05, 0) is 12.5 Å². The van der Waals surface area contributed by atoms with E-state index >= 15 is 0 Å². The zero-order chi connectivity index (χ0) is 25.3. The number of alkyl halides is 2. The third-order valence-corrected chi connectivity index (χ3v) is 7.23. The van der Waals surface area contributed by atoms with Crippen LogP contribution in [0.2, 0.25) is 0 Å². The van der Waals surface area contributed by atoms with E-state index < -0.39 is 20.4 Å². The molecule has 0 amide bonds. The Bertz CT molecular complexity index is 966. The maximum absolute atomic E-state index is 12.8. The summed E-state index contributed by atoms with van der Waals surface area (Å²) in [6.45, 7) is 5.36. The van der Waals surface area contributed by atoms with Crippen molar-refractivity contribution in [3.8, 4) is 0 Å². The Morgan fingerprint density at radius 3 is 2.29 bits per heavy atom. The summed E-state index contributed by atoms with van der Waals surface area (Å²) in [6.07, 6.45) is 2.89. The van der Waals surface area contributed by atoms with Gasteiger partial charge in [0.05, 0.1) is 42.3 Å². The molecule has 1 aliphatic rings. The Morgan fingerprint density at radius 2 is 1.76 bits per heavy atom. The first kappa shape index (κ1) is 28.8. The van der Waals surface area contributed by atoms with E-state index in [0.717, 1.165) is 44.6 Å². The first-order valence-electron chi connectivity index (χ1n) is 10.8. The zero-order valence-electron chi connectivity index (χ0n) is 19.4. The highest BCUT2D eigenvalue weighted by Gasteiger charge is 2.27. The normalized spacial score (nSPS) is 15.4. The van der Waals surface area contributed by atoms with E-state index in [-0.39, 0.29) is 10.5 Å². The van der Waals surface area contributed by atoms with Crippen molar-refractivity contribution < 1.29 is 22.9 Å². The maximum atomic E-state index is 12.8. The summed E-state index contributed by atoms with van der Waals surface area (Å²) in [4.78, 5) is 15.6. The van der Waals surface area contributed by atoms with E-state index in [0.29, 0.717) is 54.0 Å². The van der Waals surface area contributed by atoms with Crippen LogP contribution >= 0.6 is 31.9 Å². The fourth-order valence-electron chi connectivity index (χ4n) is 3.60. The van der Waals surface area contributed by atoms with Gasteiger partial charge in [0.15, 0.2) is 9.84 Å². The summed E-state index contributed by atoms with van der Waals surface area (Å²) >= 11 is 6.73. The first-order valence-corrected chi connectivity index (χ1v) is 14.9. The van der Waals surface area contributed by atoms with E-state index in [1.54, 1.807) is 7.05 Å². The van der Waals surface area contributed by atoms with Crippen molar-refractivity contribution in [1.82, 2.24) is 9.91 Å². The Balaban J connectivity index is 2.36. The molecule has 1 fully saturated rings. The van der Waals surface area contributed by atoms with Crippen LogP contribution in [-0.4, -0.2) is 111 Å². The van der Waals surface area contributed by atoms with Crippen LogP contribution in [-0.2, 0) is 14.6 Å². The number of hydrazine groups is 1. The van der Waals surface area contributed by atoms with Crippen molar-refractivity contribution >= 4 is 59.3 Å². The van der Waals surface area contributed by atoms with E-state index in [2.05, 4.69) is 36.8 Å². The molecule has 1 aromatic carbocycles. The number of rotatable bonds is 13. The molecular formula is C20H31Br2N5O6S. The van der Waals surface area contributed by atoms with E-state index in [1.165, 1.54) is 11.1 Å². The van der Waals surface area contributed by atoms with Gasteiger partial charge in [0.2, 0.25) is 6.21 Å². The van der Waals surface area contributed by atoms with Crippen LogP contribution in [0.25, 0.3) is 0 Å². The molecule has 0 unspecified atom stereocenters. The Morgan fingerprint density at radius 1 is 1.15 bits per heavy atom. The number of nitro benzene ring substituents is 1. The highest BCUT2D eigenvalue weighted by atomic mass is 79.9. The van der Waals surface area contributed by atoms with Crippen LogP contribution in [0.3, 0.4) is 0 Å². The van der Waals surface area contributed by atoms with E-state index in [4.69, 9.17) is 4.74 Å². The van der Waals surface area contributed by atoms with E-state index in [1.807, 2.05) is 4.90 Å². The van der Waals surface area contributed by atoms with Crippen LogP contribution in [0, 0.1) is 15.3 Å². The number of sulfone groups is 1. The standard InChI is InChI=1S/C20H31Br2N5O6S/c1-23(6-3-7-24-10-12-33-13-11-24)26(28)16-17-14-19(25(8-4-21)9-5-22)20(34(2,31)32)15-18(17)27(29)30/h14-16H,3-13H2,1-2H3/b26-16+. The Hall–Kier alpha value is -1.48. The number of hydrogen-bond donors (Lipinski definition) is 0. The lowest BCUT2D eigenvalue weighted by molar-refractivity contribution is -0.626. The molecule has 0 radical (unpaired) electrons. The van der Waals surface area contributed by atoms with Crippen LogP contribution in [0.15, 0.2) is 17.0 Å². The van der Waals surface area contributed by atoms with Gasteiger partial charge in [0.1, 0.15) is 5.56 Å². The number of hydrogen-bond acceptors (Lipinski definition) is 9. The predicted octanol–water partition coefficient (Wildman–Crippen LogP) is 2.09. The molecule has 2 rings (SSSR count). The van der Waals surface area contributed by atoms with Crippen LogP contribution < -0.4 is 4.90 Å². The molecule has 1 heterocycles. The molecule has 1 saturated heterocycles. The lowest BCUT2D eigenvalue weighted by Crippen LogP contribution is -2.38. The number of benzene rings is 1. The number of nitro groups is 1. The van der Waals surface area contributed by atoms with Crippen molar-refractivity contribution in [2.24, 2.45) is 0 Å². The summed E-state index contributed by atoms with van der Waals surface area (Å²) in [5.41, 5.74) is -0.0810. The number of nitrogens with zero attached hydrogens (tertiary/aromatic N) is 5. The number of morpholine rings is 1. The molecule has 1 aromatic rings. The third-order valence-electron chi connectivity index (χ3n) is 5.40. The minimum absolute atomic E-state index is 0.0385. The molecule has 0 aliphatic carbocycles. The third kappa shape index (κ3) is 8.33. The summed E-state index contributed by atoms with van der Waals surface area (Å²) in [6, 6.07) is 2.45. The second-order valence-corrected chi connectivity index (χ2v) is 11.5. The predicted molar refractivity (Wildman–Crippen MR) is 139 cm³/mol. The van der Waals surface area contributed by atoms with Gasteiger partial charge in [-0.15, -0.1) is 0 Å². The number of ether oxygens (including phenoxy) is 1. The molecule has 0 N–H and O–H groups in total. The van der Waals surface area contributed by atoms with Gasteiger partial charge < -0.3 is 14.8 Å². The first-order chi connectivity index (χ1) is 16.1. The average molecular weight is 629 g/mol. The minimum Gasteiger partial charge on any atom is -0.596 e. The smallest absolute Gasteiger partial charge is 0.284 e. The molecule has 0 atom stereocenters. The molecule has 1 aliphatic heterocycles. The van der Waals surface area contributed by atoms with Gasteiger partial charge in [-0.1, -0.05) is 36.7 Å². The molecule has 0 aromatic heterocycles. The molecule has 34 heavy (non-hydrogen) atoms. The van der Waals surface area contributed by atoms with Crippen molar-refractivity contribution in [3.05, 3.63) is 33.0 Å². The molecule has 11 nitrogen and oxygen atoms in total. The van der Waals surface area contributed by atoms with Crippen LogP contribution in [0.4, 0.5) is 11.4 Å². The van der Waals surface area contributed by atoms with Gasteiger partial charge in [-0.25, -0.2) is 8.42 Å². The molecule has 192 valence electrons. The Labute approximate surface area is 217 Å². The molecule has 14 heteroatoms. The van der Waals surface area contributed by atoms with E-state index in [9.17, 15) is 23.7 Å². The summed E-state index contributed by atoms with van der Waals surface area (Å²) in [5, 5.41) is 27.1. The van der Waals surface area contributed by atoms with Gasteiger partial charge >= 0.3 is 0 Å². The average Bonchev–Trinajstić information content (AvgIpc) is 2.78. The maximum Gasteiger partial charge on any atom is 0.284 e. The number of hydrazone groups is 1. The fraction of sp³-hybridized carbons (Fsp3) is 0.650. The van der Waals surface area contributed by atoms with Gasteiger partial charge in [0, 0.05) is 55.7 Å². The Kier molecular flexibility index (Phi) is 11.5. The van der Waals surface area contributed by atoms with Crippen molar-refractivity contribution in [2.75, 3.05) is 81.3 Å². The molecule has 0 spiro atoms. The van der Waals surface area contributed by atoms with Gasteiger partial charge in [-0.2, -0.15) is 5.01 Å². The molecular weight excluding hydrogens is 598 g/mol. The van der Waals surface area contributed by atoms with Crippen molar-refractivity contribution in [2.45, 2.75) is 11.3 Å². The van der Waals surface area contributed by atoms with Crippen molar-refractivity contribution in [1.29, 1.82) is 0 Å². The number of halogens is 2. The summed E-state index contributed by atoms with van der Waals surface area (Å²) < 4.78 is 30.2. The summed E-state index contributed by atoms with van der Waals surface area (Å²) in [7, 11) is -2.15. The second-order valence-electron chi connectivity index (χ2n) is 7.89. The highest BCUT2D eigenvalue weighted by Crippen LogP contribution is 2.32. The lowest BCUT2D eigenvalue weighted by Gasteiger charge is -2.27. The molecule has 0 saturated carbocycles. The van der Waals surface area contributed by atoms with Crippen LogP contribution in [0.1, 0.15) is 12.0 Å². The topological polar surface area (TPSA) is 122 Å². The number of anilines is 1. The fourth-order valence-corrected chi connectivity index (χ4v) is 5.35.